The minimum Gasteiger partial charge on any atom is -0.497 e. The number of rotatable bonds is 6. The van der Waals surface area contributed by atoms with Crippen molar-refractivity contribution in [2.45, 2.75) is 6.54 Å². The standard InChI is InChI=1S/C26H24N6O/c1-31(17-18-9-5-3-6-10-18)26-28-23(19-11-7-4-8-12-19)22-24(27)32(30-25(22)29-26)20-13-15-21(33-2)16-14-20/h3-16H,17,27H2,1-2H3. The van der Waals surface area contributed by atoms with Crippen LogP contribution in [0.1, 0.15) is 5.56 Å². The number of anilines is 2. The molecule has 33 heavy (non-hydrogen) atoms. The summed E-state index contributed by atoms with van der Waals surface area (Å²) < 4.78 is 6.97. The number of benzene rings is 3. The summed E-state index contributed by atoms with van der Waals surface area (Å²) >= 11 is 0. The maximum atomic E-state index is 6.61. The second-order valence-corrected chi connectivity index (χ2v) is 7.77. The van der Waals surface area contributed by atoms with Gasteiger partial charge in [-0.25, -0.2) is 9.67 Å². The smallest absolute Gasteiger partial charge is 0.228 e. The molecule has 0 fully saturated rings. The topological polar surface area (TPSA) is 82.1 Å². The average Bonchev–Trinajstić information content (AvgIpc) is 3.21. The van der Waals surface area contributed by atoms with E-state index in [0.717, 1.165) is 28.1 Å². The van der Waals surface area contributed by atoms with Gasteiger partial charge in [-0.2, -0.15) is 4.98 Å². The predicted octanol–water partition coefficient (Wildman–Crippen LogP) is 4.71. The van der Waals surface area contributed by atoms with Crippen LogP contribution in [0, 0.1) is 0 Å². The van der Waals surface area contributed by atoms with E-state index in [-0.39, 0.29) is 0 Å². The zero-order valence-corrected chi connectivity index (χ0v) is 18.5. The number of nitrogens with two attached hydrogens (primary N) is 1. The van der Waals surface area contributed by atoms with Gasteiger partial charge < -0.3 is 15.4 Å². The number of hydrogen-bond acceptors (Lipinski definition) is 6. The van der Waals surface area contributed by atoms with E-state index in [1.807, 2.05) is 84.7 Å². The van der Waals surface area contributed by atoms with Gasteiger partial charge in [-0.15, -0.1) is 5.10 Å². The van der Waals surface area contributed by atoms with Crippen LogP contribution in [0.15, 0.2) is 84.9 Å². The Kier molecular flexibility index (Phi) is 5.36. The molecule has 7 nitrogen and oxygen atoms in total. The highest BCUT2D eigenvalue weighted by molar-refractivity contribution is 5.99. The molecule has 5 aromatic rings. The molecule has 5 rings (SSSR count). The molecule has 0 unspecified atom stereocenters. The first kappa shape index (κ1) is 20.5. The molecular weight excluding hydrogens is 412 g/mol. The summed E-state index contributed by atoms with van der Waals surface area (Å²) in [6, 6.07) is 27.8. The molecule has 164 valence electrons. The van der Waals surface area contributed by atoms with Gasteiger partial charge in [-0.05, 0) is 29.8 Å². The molecule has 0 saturated heterocycles. The van der Waals surface area contributed by atoms with Crippen LogP contribution in [0.3, 0.4) is 0 Å². The Balaban J connectivity index is 1.65. The molecule has 0 saturated carbocycles. The van der Waals surface area contributed by atoms with E-state index in [9.17, 15) is 0 Å². The Bertz CT molecular complexity index is 1380. The lowest BCUT2D eigenvalue weighted by atomic mass is 10.1. The van der Waals surface area contributed by atoms with Crippen LogP contribution in [0.5, 0.6) is 5.75 Å². The summed E-state index contributed by atoms with van der Waals surface area (Å²) in [5, 5.41) is 5.48. The maximum Gasteiger partial charge on any atom is 0.228 e. The van der Waals surface area contributed by atoms with E-state index in [0.29, 0.717) is 24.0 Å². The van der Waals surface area contributed by atoms with Crippen LogP contribution in [0.25, 0.3) is 28.0 Å². The summed E-state index contributed by atoms with van der Waals surface area (Å²) in [5.74, 6) is 1.85. The normalized spacial score (nSPS) is 11.0. The summed E-state index contributed by atoms with van der Waals surface area (Å²) in [7, 11) is 3.62. The third-order valence-corrected chi connectivity index (χ3v) is 5.53. The van der Waals surface area contributed by atoms with E-state index < -0.39 is 0 Å². The molecule has 7 heteroatoms. The van der Waals surface area contributed by atoms with Crippen LogP contribution in [0.2, 0.25) is 0 Å². The van der Waals surface area contributed by atoms with Crippen LogP contribution in [-0.4, -0.2) is 33.9 Å². The van der Waals surface area contributed by atoms with Crippen molar-refractivity contribution in [3.05, 3.63) is 90.5 Å². The first-order valence-corrected chi connectivity index (χ1v) is 10.6. The number of nitrogens with zero attached hydrogens (tertiary/aromatic N) is 5. The second-order valence-electron chi connectivity index (χ2n) is 7.77. The Morgan fingerprint density at radius 1 is 0.879 bits per heavy atom. The van der Waals surface area contributed by atoms with Crippen molar-refractivity contribution in [1.29, 1.82) is 0 Å². The SMILES string of the molecule is COc1ccc(-n2nc3nc(N(C)Cc4ccccc4)nc(-c4ccccc4)c3c2N)cc1. The second kappa shape index (κ2) is 8.63. The van der Waals surface area contributed by atoms with Gasteiger partial charge in [0.2, 0.25) is 5.95 Å². The van der Waals surface area contributed by atoms with E-state index in [1.165, 1.54) is 5.56 Å². The molecule has 0 atom stereocenters. The number of fused-ring (bicyclic) bond motifs is 1. The quantitative estimate of drug-likeness (QED) is 0.415. The highest BCUT2D eigenvalue weighted by Crippen LogP contribution is 2.33. The fourth-order valence-corrected chi connectivity index (χ4v) is 3.82. The lowest BCUT2D eigenvalue weighted by Crippen LogP contribution is -2.19. The largest absolute Gasteiger partial charge is 0.497 e. The van der Waals surface area contributed by atoms with Gasteiger partial charge in [0.05, 0.1) is 23.9 Å². The van der Waals surface area contributed by atoms with Gasteiger partial charge >= 0.3 is 0 Å². The first-order chi connectivity index (χ1) is 16.1. The van der Waals surface area contributed by atoms with Gasteiger partial charge in [0, 0.05) is 19.2 Å². The molecule has 0 aliphatic rings. The molecule has 0 bridgehead atoms. The summed E-state index contributed by atoms with van der Waals surface area (Å²) in [6.07, 6.45) is 0. The van der Waals surface area contributed by atoms with E-state index in [1.54, 1.807) is 11.8 Å². The minimum absolute atomic E-state index is 0.492. The maximum absolute atomic E-state index is 6.61. The van der Waals surface area contributed by atoms with Crippen LogP contribution in [0.4, 0.5) is 11.8 Å². The van der Waals surface area contributed by atoms with Gasteiger partial charge in [0.25, 0.3) is 0 Å². The Morgan fingerprint density at radius 2 is 1.55 bits per heavy atom. The van der Waals surface area contributed by atoms with Crippen molar-refractivity contribution in [2.24, 2.45) is 0 Å². The van der Waals surface area contributed by atoms with E-state index in [2.05, 4.69) is 12.1 Å². The molecule has 2 heterocycles. The van der Waals surface area contributed by atoms with Crippen molar-refractivity contribution >= 4 is 22.8 Å². The number of hydrogen-bond donors (Lipinski definition) is 1. The third kappa shape index (κ3) is 3.96. The van der Waals surface area contributed by atoms with E-state index >= 15 is 0 Å². The lowest BCUT2D eigenvalue weighted by molar-refractivity contribution is 0.414. The van der Waals surface area contributed by atoms with Crippen molar-refractivity contribution < 1.29 is 4.74 Å². The van der Waals surface area contributed by atoms with Gasteiger partial charge in [0.15, 0.2) is 5.65 Å². The van der Waals surface area contributed by atoms with Crippen molar-refractivity contribution in [2.75, 3.05) is 24.8 Å². The fourth-order valence-electron chi connectivity index (χ4n) is 3.82. The zero-order chi connectivity index (χ0) is 22.8. The van der Waals surface area contributed by atoms with Crippen molar-refractivity contribution in [3.63, 3.8) is 0 Å². The Labute approximate surface area is 192 Å². The molecule has 3 aromatic carbocycles. The predicted molar refractivity (Wildman–Crippen MR) is 132 cm³/mol. The van der Waals surface area contributed by atoms with E-state index in [4.69, 9.17) is 25.5 Å². The lowest BCUT2D eigenvalue weighted by Gasteiger charge is -2.18. The molecule has 0 aliphatic carbocycles. The molecule has 0 amide bonds. The highest BCUT2D eigenvalue weighted by atomic mass is 16.5. The molecular formula is C26H24N6O. The zero-order valence-electron chi connectivity index (χ0n) is 18.5. The average molecular weight is 437 g/mol. The van der Waals surface area contributed by atoms with Crippen LogP contribution < -0.4 is 15.4 Å². The summed E-state index contributed by atoms with van der Waals surface area (Å²) in [6.45, 7) is 0.676. The highest BCUT2D eigenvalue weighted by Gasteiger charge is 2.20. The molecule has 0 radical (unpaired) electrons. The van der Waals surface area contributed by atoms with Gasteiger partial charge in [-0.3, -0.25) is 0 Å². The van der Waals surface area contributed by atoms with Crippen LogP contribution >= 0.6 is 0 Å². The summed E-state index contributed by atoms with van der Waals surface area (Å²) in [5.41, 5.74) is 10.9. The summed E-state index contributed by atoms with van der Waals surface area (Å²) in [4.78, 5) is 11.7. The minimum atomic E-state index is 0.492. The number of ether oxygens (including phenoxy) is 1. The van der Waals surface area contributed by atoms with Crippen molar-refractivity contribution in [3.8, 4) is 22.7 Å². The number of methoxy groups -OCH3 is 1. The molecule has 2 N–H and O–H groups in total. The van der Waals surface area contributed by atoms with Crippen LogP contribution in [-0.2, 0) is 6.54 Å². The number of nitrogen functional groups attached to an aromatic ring is 1. The Hall–Kier alpha value is -4.39. The third-order valence-electron chi connectivity index (χ3n) is 5.53. The molecule has 0 aliphatic heterocycles. The van der Waals surface area contributed by atoms with Gasteiger partial charge in [-0.1, -0.05) is 60.7 Å². The monoisotopic (exact) mass is 436 g/mol. The Morgan fingerprint density at radius 3 is 2.21 bits per heavy atom. The molecule has 0 spiro atoms. The fraction of sp³-hybridized carbons (Fsp3) is 0.115. The van der Waals surface area contributed by atoms with Gasteiger partial charge in [0.1, 0.15) is 11.6 Å². The number of aromatic nitrogens is 4. The van der Waals surface area contributed by atoms with Crippen molar-refractivity contribution in [1.82, 2.24) is 19.7 Å². The first-order valence-electron chi connectivity index (χ1n) is 10.6. The molecule has 2 aromatic heterocycles.